The third-order valence-corrected chi connectivity index (χ3v) is 4.09. The maximum absolute atomic E-state index is 6.20. The SMILES string of the molecule is Cc1nc(C(C)N[C@@H](C)c2ccccc2Cl)cs1. The standard InChI is InChI=1S/C14H17ClN2S/c1-9(12-6-4-5-7-13(12)15)16-10(2)14-8-18-11(3)17-14/h4-10,16H,1-3H3/t9-,10?/m0/s1. The van der Waals surface area contributed by atoms with Gasteiger partial charge in [-0.2, -0.15) is 0 Å². The summed E-state index contributed by atoms with van der Waals surface area (Å²) in [7, 11) is 0. The van der Waals surface area contributed by atoms with E-state index < -0.39 is 0 Å². The smallest absolute Gasteiger partial charge is 0.0898 e. The van der Waals surface area contributed by atoms with E-state index in [1.54, 1.807) is 11.3 Å². The van der Waals surface area contributed by atoms with Gasteiger partial charge in [-0.3, -0.25) is 0 Å². The second kappa shape index (κ2) is 5.83. The Morgan fingerprint density at radius 3 is 2.56 bits per heavy atom. The van der Waals surface area contributed by atoms with Crippen LogP contribution in [0.4, 0.5) is 0 Å². The second-order valence-electron chi connectivity index (χ2n) is 4.42. The quantitative estimate of drug-likeness (QED) is 0.891. The largest absolute Gasteiger partial charge is 0.302 e. The zero-order valence-electron chi connectivity index (χ0n) is 10.8. The molecule has 2 nitrogen and oxygen atoms in total. The van der Waals surface area contributed by atoms with Crippen molar-refractivity contribution in [2.24, 2.45) is 0 Å². The highest BCUT2D eigenvalue weighted by Gasteiger charge is 2.14. The number of thiazole rings is 1. The molecule has 0 saturated carbocycles. The van der Waals surface area contributed by atoms with E-state index in [0.717, 1.165) is 21.3 Å². The highest BCUT2D eigenvalue weighted by Crippen LogP contribution is 2.25. The molecule has 1 aromatic carbocycles. The normalized spacial score (nSPS) is 14.4. The lowest BCUT2D eigenvalue weighted by Crippen LogP contribution is -2.23. The lowest BCUT2D eigenvalue weighted by molar-refractivity contribution is 0.487. The molecule has 0 aliphatic rings. The van der Waals surface area contributed by atoms with Gasteiger partial charge in [-0.15, -0.1) is 11.3 Å². The maximum Gasteiger partial charge on any atom is 0.0898 e. The first-order valence-electron chi connectivity index (χ1n) is 6.00. The Labute approximate surface area is 117 Å². The van der Waals surface area contributed by atoms with Crippen molar-refractivity contribution in [1.82, 2.24) is 10.3 Å². The first-order valence-corrected chi connectivity index (χ1v) is 7.26. The fourth-order valence-electron chi connectivity index (χ4n) is 1.96. The molecule has 0 aliphatic heterocycles. The molecular formula is C14H17ClN2S. The summed E-state index contributed by atoms with van der Waals surface area (Å²) in [5.74, 6) is 0. The first-order chi connectivity index (χ1) is 8.58. The third kappa shape index (κ3) is 3.10. The minimum atomic E-state index is 0.204. The monoisotopic (exact) mass is 280 g/mol. The van der Waals surface area contributed by atoms with E-state index in [9.17, 15) is 0 Å². The van der Waals surface area contributed by atoms with Crippen molar-refractivity contribution in [3.8, 4) is 0 Å². The molecule has 0 spiro atoms. The van der Waals surface area contributed by atoms with Crippen LogP contribution in [-0.2, 0) is 0 Å². The molecular weight excluding hydrogens is 264 g/mol. The first kappa shape index (κ1) is 13.5. The van der Waals surface area contributed by atoms with Crippen LogP contribution in [0.5, 0.6) is 0 Å². The molecule has 0 radical (unpaired) electrons. The van der Waals surface area contributed by atoms with Crippen LogP contribution in [0, 0.1) is 6.92 Å². The van der Waals surface area contributed by atoms with E-state index in [1.807, 2.05) is 25.1 Å². The minimum absolute atomic E-state index is 0.204. The Morgan fingerprint density at radius 2 is 1.94 bits per heavy atom. The van der Waals surface area contributed by atoms with Crippen molar-refractivity contribution in [2.45, 2.75) is 32.9 Å². The van der Waals surface area contributed by atoms with Gasteiger partial charge in [0, 0.05) is 22.5 Å². The van der Waals surface area contributed by atoms with Crippen molar-refractivity contribution < 1.29 is 0 Å². The second-order valence-corrected chi connectivity index (χ2v) is 5.89. The van der Waals surface area contributed by atoms with Crippen LogP contribution in [-0.4, -0.2) is 4.98 Å². The van der Waals surface area contributed by atoms with E-state index in [4.69, 9.17) is 11.6 Å². The zero-order chi connectivity index (χ0) is 13.1. The number of nitrogens with zero attached hydrogens (tertiary/aromatic N) is 1. The van der Waals surface area contributed by atoms with Crippen molar-refractivity contribution in [3.05, 3.63) is 50.9 Å². The van der Waals surface area contributed by atoms with Crippen molar-refractivity contribution in [3.63, 3.8) is 0 Å². The Morgan fingerprint density at radius 1 is 1.22 bits per heavy atom. The van der Waals surface area contributed by atoms with Crippen LogP contribution in [0.1, 0.15) is 42.2 Å². The third-order valence-electron chi connectivity index (χ3n) is 2.95. The molecule has 1 unspecified atom stereocenters. The van der Waals surface area contributed by atoms with E-state index in [1.165, 1.54) is 0 Å². The van der Waals surface area contributed by atoms with Gasteiger partial charge in [0.25, 0.3) is 0 Å². The summed E-state index contributed by atoms with van der Waals surface area (Å²) in [6.07, 6.45) is 0. The zero-order valence-corrected chi connectivity index (χ0v) is 12.3. The molecule has 2 aromatic rings. The van der Waals surface area contributed by atoms with E-state index >= 15 is 0 Å². The summed E-state index contributed by atoms with van der Waals surface area (Å²) in [6.45, 7) is 6.27. The Kier molecular flexibility index (Phi) is 4.38. The highest BCUT2D eigenvalue weighted by atomic mass is 35.5. The predicted octanol–water partition coefficient (Wildman–Crippen LogP) is 4.52. The van der Waals surface area contributed by atoms with Crippen LogP contribution in [0.15, 0.2) is 29.6 Å². The average molecular weight is 281 g/mol. The highest BCUT2D eigenvalue weighted by molar-refractivity contribution is 7.09. The van der Waals surface area contributed by atoms with E-state index in [-0.39, 0.29) is 12.1 Å². The molecule has 0 saturated heterocycles. The lowest BCUT2D eigenvalue weighted by Gasteiger charge is -2.20. The summed E-state index contributed by atoms with van der Waals surface area (Å²) in [6, 6.07) is 8.37. The topological polar surface area (TPSA) is 24.9 Å². The number of hydrogen-bond donors (Lipinski definition) is 1. The molecule has 4 heteroatoms. The summed E-state index contributed by atoms with van der Waals surface area (Å²) >= 11 is 7.88. The molecule has 1 aromatic heterocycles. The Bertz CT molecular complexity index is 524. The fraction of sp³-hybridized carbons (Fsp3) is 0.357. The van der Waals surface area contributed by atoms with E-state index in [0.29, 0.717) is 0 Å². The summed E-state index contributed by atoms with van der Waals surface area (Å²) < 4.78 is 0. The van der Waals surface area contributed by atoms with Crippen LogP contribution >= 0.6 is 22.9 Å². The number of aromatic nitrogens is 1. The number of hydrogen-bond acceptors (Lipinski definition) is 3. The van der Waals surface area contributed by atoms with Gasteiger partial charge >= 0.3 is 0 Å². The summed E-state index contributed by atoms with van der Waals surface area (Å²) in [5.41, 5.74) is 2.22. The average Bonchev–Trinajstić information content (AvgIpc) is 2.76. The molecule has 0 aliphatic carbocycles. The van der Waals surface area contributed by atoms with Crippen LogP contribution < -0.4 is 5.32 Å². The lowest BCUT2D eigenvalue weighted by atomic mass is 10.1. The molecule has 1 heterocycles. The summed E-state index contributed by atoms with van der Waals surface area (Å²) in [5, 5.41) is 7.54. The fourth-order valence-corrected chi connectivity index (χ4v) is 2.96. The van der Waals surface area contributed by atoms with Gasteiger partial charge in [0.05, 0.1) is 10.7 Å². The molecule has 0 bridgehead atoms. The van der Waals surface area contributed by atoms with Gasteiger partial charge in [-0.1, -0.05) is 29.8 Å². The maximum atomic E-state index is 6.20. The minimum Gasteiger partial charge on any atom is -0.302 e. The van der Waals surface area contributed by atoms with Gasteiger partial charge in [0.15, 0.2) is 0 Å². The van der Waals surface area contributed by atoms with Crippen LogP contribution in [0.3, 0.4) is 0 Å². The molecule has 96 valence electrons. The molecule has 0 fully saturated rings. The number of halogens is 1. The number of aryl methyl sites for hydroxylation is 1. The number of benzene rings is 1. The molecule has 2 rings (SSSR count). The van der Waals surface area contributed by atoms with Gasteiger partial charge in [0.1, 0.15) is 0 Å². The van der Waals surface area contributed by atoms with Crippen molar-refractivity contribution in [2.75, 3.05) is 0 Å². The number of nitrogens with one attached hydrogen (secondary N) is 1. The van der Waals surface area contributed by atoms with Gasteiger partial charge < -0.3 is 5.32 Å². The van der Waals surface area contributed by atoms with Crippen molar-refractivity contribution in [1.29, 1.82) is 0 Å². The Hall–Kier alpha value is -0.900. The van der Waals surface area contributed by atoms with Crippen LogP contribution in [0.25, 0.3) is 0 Å². The molecule has 18 heavy (non-hydrogen) atoms. The Balaban J connectivity index is 2.08. The van der Waals surface area contributed by atoms with E-state index in [2.05, 4.69) is 35.6 Å². The van der Waals surface area contributed by atoms with Gasteiger partial charge in [-0.05, 0) is 32.4 Å². The molecule has 2 atom stereocenters. The molecule has 0 amide bonds. The van der Waals surface area contributed by atoms with Crippen LogP contribution in [0.2, 0.25) is 5.02 Å². The van der Waals surface area contributed by atoms with Gasteiger partial charge in [-0.25, -0.2) is 4.98 Å². The van der Waals surface area contributed by atoms with Gasteiger partial charge in [0.2, 0.25) is 0 Å². The predicted molar refractivity (Wildman–Crippen MR) is 78.3 cm³/mol. The van der Waals surface area contributed by atoms with Crippen molar-refractivity contribution >= 4 is 22.9 Å². The number of rotatable bonds is 4. The summed E-state index contributed by atoms with van der Waals surface area (Å²) in [4.78, 5) is 4.50. The molecule has 1 N–H and O–H groups in total.